The number of hydrogen-bond acceptors (Lipinski definition) is 2. The molecule has 1 amide bonds. The number of carbonyl (C=O) groups excluding carboxylic acids is 1. The van der Waals surface area contributed by atoms with E-state index in [4.69, 9.17) is 28.3 Å². The molecule has 0 aliphatic rings. The summed E-state index contributed by atoms with van der Waals surface area (Å²) in [5, 5.41) is 11.1. The zero-order valence-corrected chi connectivity index (χ0v) is 9.26. The Hall–Kier alpha value is -1.20. The first-order valence-corrected chi connectivity index (χ1v) is 4.69. The number of halogens is 2. The van der Waals surface area contributed by atoms with Gasteiger partial charge in [-0.2, -0.15) is 0 Å². The van der Waals surface area contributed by atoms with E-state index in [1.54, 1.807) is 7.05 Å². The van der Waals surface area contributed by atoms with Crippen LogP contribution in [0.4, 0.5) is 0 Å². The van der Waals surface area contributed by atoms with Crippen LogP contribution in [0, 0.1) is 0 Å². The van der Waals surface area contributed by atoms with Crippen molar-refractivity contribution in [1.29, 1.82) is 0 Å². The van der Waals surface area contributed by atoms with Crippen molar-refractivity contribution in [3.05, 3.63) is 21.9 Å². The van der Waals surface area contributed by atoms with Gasteiger partial charge in [-0.25, -0.2) is 0 Å². The number of amides is 1. The molecule has 1 aromatic heterocycles. The molecule has 82 valence electrons. The maximum absolute atomic E-state index is 11.4. The molecule has 0 radical (unpaired) electrons. The average Bonchev–Trinajstić information content (AvgIpc) is 2.42. The number of rotatable bonds is 3. The second-order valence-corrected chi connectivity index (χ2v) is 3.57. The Morgan fingerprint density at radius 3 is 2.53 bits per heavy atom. The van der Waals surface area contributed by atoms with Crippen LogP contribution < -0.4 is 5.32 Å². The second-order valence-electron chi connectivity index (χ2n) is 2.80. The van der Waals surface area contributed by atoms with Crippen molar-refractivity contribution in [2.75, 3.05) is 6.54 Å². The third-order valence-electron chi connectivity index (χ3n) is 1.75. The molecule has 5 nitrogen and oxygen atoms in total. The van der Waals surface area contributed by atoms with Crippen molar-refractivity contribution in [2.24, 2.45) is 7.05 Å². The van der Waals surface area contributed by atoms with Crippen LogP contribution in [-0.4, -0.2) is 28.1 Å². The molecule has 0 aliphatic carbocycles. The predicted molar refractivity (Wildman–Crippen MR) is 55.4 cm³/mol. The van der Waals surface area contributed by atoms with Gasteiger partial charge in [-0.3, -0.25) is 9.59 Å². The molecule has 1 rings (SSSR count). The molecule has 0 spiro atoms. The van der Waals surface area contributed by atoms with E-state index in [-0.39, 0.29) is 15.9 Å². The summed E-state index contributed by atoms with van der Waals surface area (Å²) in [4.78, 5) is 21.6. The largest absolute Gasteiger partial charge is 0.480 e. The van der Waals surface area contributed by atoms with E-state index >= 15 is 0 Å². The minimum atomic E-state index is -1.12. The maximum Gasteiger partial charge on any atom is 0.322 e. The summed E-state index contributed by atoms with van der Waals surface area (Å²) >= 11 is 11.4. The number of aromatic nitrogens is 1. The number of nitrogens with one attached hydrogen (secondary N) is 1. The molecule has 0 saturated heterocycles. The molecule has 15 heavy (non-hydrogen) atoms. The molecule has 0 aliphatic heterocycles. The predicted octanol–water partition coefficient (Wildman–Crippen LogP) is 1.15. The van der Waals surface area contributed by atoms with E-state index in [0.717, 1.165) is 0 Å². The highest BCUT2D eigenvalue weighted by Crippen LogP contribution is 2.24. The molecule has 0 atom stereocenters. The van der Waals surface area contributed by atoms with Gasteiger partial charge in [0.25, 0.3) is 5.91 Å². The summed E-state index contributed by atoms with van der Waals surface area (Å²) in [5.74, 6) is -1.65. The minimum Gasteiger partial charge on any atom is -0.480 e. The summed E-state index contributed by atoms with van der Waals surface area (Å²) in [6.45, 7) is -0.445. The van der Waals surface area contributed by atoms with Crippen molar-refractivity contribution in [1.82, 2.24) is 9.88 Å². The van der Waals surface area contributed by atoms with Crippen LogP contribution in [-0.2, 0) is 11.8 Å². The van der Waals surface area contributed by atoms with Gasteiger partial charge >= 0.3 is 5.97 Å². The Morgan fingerprint density at radius 2 is 2.13 bits per heavy atom. The highest BCUT2D eigenvalue weighted by molar-refractivity contribution is 6.41. The lowest BCUT2D eigenvalue weighted by Gasteiger charge is -2.03. The summed E-state index contributed by atoms with van der Waals surface area (Å²) in [7, 11) is 1.56. The zero-order chi connectivity index (χ0) is 11.6. The molecule has 0 fully saturated rings. The van der Waals surface area contributed by atoms with Gasteiger partial charge in [-0.05, 0) is 6.07 Å². The number of carbonyl (C=O) groups is 2. The van der Waals surface area contributed by atoms with Crippen molar-refractivity contribution >= 4 is 35.1 Å². The van der Waals surface area contributed by atoms with Crippen LogP contribution in [0.15, 0.2) is 6.07 Å². The fourth-order valence-electron chi connectivity index (χ4n) is 1.01. The number of aliphatic carboxylic acids is 1. The Kier molecular flexibility index (Phi) is 3.60. The topological polar surface area (TPSA) is 71.3 Å². The molecule has 0 aromatic carbocycles. The van der Waals surface area contributed by atoms with Gasteiger partial charge in [-0.15, -0.1) is 0 Å². The SMILES string of the molecule is Cn1c(C(=O)NCC(=O)O)cc(Cl)c1Cl. The fraction of sp³-hybridized carbons (Fsp3) is 0.250. The molecular formula is C8H8Cl2N2O3. The van der Waals surface area contributed by atoms with Gasteiger partial charge in [-0.1, -0.05) is 23.2 Å². The van der Waals surface area contributed by atoms with Gasteiger partial charge in [0.05, 0.1) is 5.02 Å². The third kappa shape index (κ3) is 2.64. The lowest BCUT2D eigenvalue weighted by molar-refractivity contribution is -0.135. The Morgan fingerprint density at radius 1 is 1.53 bits per heavy atom. The summed E-state index contributed by atoms with van der Waals surface area (Å²) < 4.78 is 1.38. The van der Waals surface area contributed by atoms with Crippen LogP contribution in [0.5, 0.6) is 0 Å². The van der Waals surface area contributed by atoms with Gasteiger partial charge in [0.15, 0.2) is 0 Å². The molecule has 0 unspecified atom stereocenters. The van der Waals surface area contributed by atoms with E-state index < -0.39 is 18.4 Å². The number of carboxylic acids is 1. The second kappa shape index (κ2) is 4.55. The Labute approximate surface area is 95.6 Å². The summed E-state index contributed by atoms with van der Waals surface area (Å²) in [5.41, 5.74) is 0.214. The first kappa shape index (κ1) is 11.9. The highest BCUT2D eigenvalue weighted by atomic mass is 35.5. The standard InChI is InChI=1S/C8H8Cl2N2O3/c1-12-5(2-4(9)7(12)10)8(15)11-3-6(13)14/h2H,3H2,1H3,(H,11,15)(H,13,14). The molecule has 7 heteroatoms. The smallest absolute Gasteiger partial charge is 0.322 e. The van der Waals surface area contributed by atoms with Crippen LogP contribution in [0.3, 0.4) is 0 Å². The molecule has 1 aromatic rings. The van der Waals surface area contributed by atoms with E-state index in [9.17, 15) is 9.59 Å². The lowest BCUT2D eigenvalue weighted by Crippen LogP contribution is -2.30. The van der Waals surface area contributed by atoms with Gasteiger partial charge in [0.1, 0.15) is 17.4 Å². The van der Waals surface area contributed by atoms with E-state index in [2.05, 4.69) is 5.32 Å². The average molecular weight is 251 g/mol. The molecular weight excluding hydrogens is 243 g/mol. The molecule has 2 N–H and O–H groups in total. The lowest BCUT2D eigenvalue weighted by atomic mass is 10.4. The maximum atomic E-state index is 11.4. The quantitative estimate of drug-likeness (QED) is 0.846. The van der Waals surface area contributed by atoms with E-state index in [1.165, 1.54) is 10.6 Å². The molecule has 0 saturated carbocycles. The van der Waals surface area contributed by atoms with E-state index in [1.807, 2.05) is 0 Å². The van der Waals surface area contributed by atoms with Crippen LogP contribution in [0.2, 0.25) is 10.2 Å². The van der Waals surface area contributed by atoms with E-state index in [0.29, 0.717) is 0 Å². The highest BCUT2D eigenvalue weighted by Gasteiger charge is 2.15. The van der Waals surface area contributed by atoms with Crippen molar-refractivity contribution in [3.8, 4) is 0 Å². The first-order valence-electron chi connectivity index (χ1n) is 3.94. The van der Waals surface area contributed by atoms with Crippen LogP contribution in [0.25, 0.3) is 0 Å². The van der Waals surface area contributed by atoms with Crippen molar-refractivity contribution < 1.29 is 14.7 Å². The van der Waals surface area contributed by atoms with Crippen LogP contribution in [0.1, 0.15) is 10.5 Å². The Balaban J connectivity index is 2.83. The normalized spacial score (nSPS) is 10.1. The number of carboxylic acid groups (broad SMARTS) is 1. The third-order valence-corrected chi connectivity index (χ3v) is 2.59. The monoisotopic (exact) mass is 250 g/mol. The summed E-state index contributed by atoms with van der Waals surface area (Å²) in [6.07, 6.45) is 0. The number of hydrogen-bond donors (Lipinski definition) is 2. The van der Waals surface area contributed by atoms with Gasteiger partial charge in [0.2, 0.25) is 0 Å². The molecule has 1 heterocycles. The van der Waals surface area contributed by atoms with Gasteiger partial charge < -0.3 is 15.0 Å². The molecule has 0 bridgehead atoms. The number of nitrogens with zero attached hydrogens (tertiary/aromatic N) is 1. The van der Waals surface area contributed by atoms with Crippen LogP contribution >= 0.6 is 23.2 Å². The Bertz CT molecular complexity index is 414. The first-order chi connectivity index (χ1) is 6.93. The zero-order valence-electron chi connectivity index (χ0n) is 7.75. The minimum absolute atomic E-state index is 0.214. The van der Waals surface area contributed by atoms with Crippen molar-refractivity contribution in [3.63, 3.8) is 0 Å². The fourth-order valence-corrected chi connectivity index (χ4v) is 1.38. The van der Waals surface area contributed by atoms with Gasteiger partial charge in [0, 0.05) is 7.05 Å². The van der Waals surface area contributed by atoms with Crippen molar-refractivity contribution in [2.45, 2.75) is 0 Å². The summed E-state index contributed by atoms with van der Waals surface area (Å²) in [6, 6.07) is 1.38.